The van der Waals surface area contributed by atoms with Gasteiger partial charge in [0.15, 0.2) is 0 Å². The number of anilines is 2. The summed E-state index contributed by atoms with van der Waals surface area (Å²) in [6, 6.07) is 14.1. The van der Waals surface area contributed by atoms with Gasteiger partial charge < -0.3 is 9.84 Å². The van der Waals surface area contributed by atoms with E-state index in [9.17, 15) is 14.7 Å². The van der Waals surface area contributed by atoms with E-state index in [1.807, 2.05) is 38.1 Å². The largest absolute Gasteiger partial charge is 0.465 e. The van der Waals surface area contributed by atoms with Crippen LogP contribution >= 0.6 is 0 Å². The zero-order valence-corrected chi connectivity index (χ0v) is 14.6. The van der Waals surface area contributed by atoms with Crippen LogP contribution in [-0.2, 0) is 0 Å². The van der Waals surface area contributed by atoms with E-state index < -0.39 is 12.2 Å². The average molecular weight is 342 g/mol. The van der Waals surface area contributed by atoms with Crippen LogP contribution in [0.2, 0.25) is 0 Å². The normalized spacial score (nSPS) is 10.2. The van der Waals surface area contributed by atoms with Gasteiger partial charge in [-0.1, -0.05) is 23.8 Å². The van der Waals surface area contributed by atoms with Gasteiger partial charge in [-0.3, -0.25) is 9.80 Å². The molecule has 0 aliphatic carbocycles. The van der Waals surface area contributed by atoms with E-state index in [-0.39, 0.29) is 0 Å². The Labute approximate surface area is 147 Å². The first-order valence-electron chi connectivity index (χ1n) is 8.12. The van der Waals surface area contributed by atoms with Gasteiger partial charge in [-0.25, -0.2) is 9.59 Å². The molecule has 132 valence electrons. The number of rotatable bonds is 5. The summed E-state index contributed by atoms with van der Waals surface area (Å²) in [4.78, 5) is 26.4. The number of ether oxygens (including phenoxy) is 1. The number of benzene rings is 2. The summed E-state index contributed by atoms with van der Waals surface area (Å²) in [5.41, 5.74) is 2.31. The molecule has 1 N–H and O–H groups in total. The second-order valence-corrected chi connectivity index (χ2v) is 5.47. The standard InChI is InChI=1S/C19H22N2O4/c1-4-20(18(22)23)16-7-6-8-17(13-16)25-19(24)21(5-2)15-11-9-14(3)10-12-15/h6-13H,4-5H2,1-3H3,(H,22,23). The van der Waals surface area contributed by atoms with Gasteiger partial charge >= 0.3 is 12.2 Å². The zero-order valence-electron chi connectivity index (χ0n) is 14.6. The van der Waals surface area contributed by atoms with Crippen LogP contribution in [0.3, 0.4) is 0 Å². The Morgan fingerprint density at radius 3 is 2.16 bits per heavy atom. The molecule has 2 rings (SSSR count). The van der Waals surface area contributed by atoms with Gasteiger partial charge in [0.25, 0.3) is 0 Å². The minimum atomic E-state index is -1.05. The SMILES string of the molecule is CCN(C(=O)O)c1cccc(OC(=O)N(CC)c2ccc(C)cc2)c1. The summed E-state index contributed by atoms with van der Waals surface area (Å²) >= 11 is 0. The Kier molecular flexibility index (Phi) is 6.00. The first kappa shape index (κ1) is 18.3. The number of hydrogen-bond acceptors (Lipinski definition) is 3. The molecule has 6 heteroatoms. The van der Waals surface area contributed by atoms with Crippen LogP contribution in [0.25, 0.3) is 0 Å². The van der Waals surface area contributed by atoms with Crippen molar-refractivity contribution in [2.45, 2.75) is 20.8 Å². The van der Waals surface area contributed by atoms with Crippen molar-refractivity contribution in [1.82, 2.24) is 0 Å². The highest BCUT2D eigenvalue weighted by molar-refractivity contribution is 5.90. The highest BCUT2D eigenvalue weighted by atomic mass is 16.6. The number of carbonyl (C=O) groups excluding carboxylic acids is 1. The third-order valence-electron chi connectivity index (χ3n) is 3.76. The molecule has 0 aromatic heterocycles. The monoisotopic (exact) mass is 342 g/mol. The molecule has 0 aliphatic heterocycles. The highest BCUT2D eigenvalue weighted by Gasteiger charge is 2.18. The molecule has 0 atom stereocenters. The molecule has 0 fully saturated rings. The Bertz CT molecular complexity index is 743. The summed E-state index contributed by atoms with van der Waals surface area (Å²) < 4.78 is 5.43. The van der Waals surface area contributed by atoms with Crippen LogP contribution < -0.4 is 14.5 Å². The first-order chi connectivity index (χ1) is 12.0. The minimum Gasteiger partial charge on any atom is -0.465 e. The minimum absolute atomic E-state index is 0.299. The van der Waals surface area contributed by atoms with Gasteiger partial charge in [-0.05, 0) is 45.0 Å². The van der Waals surface area contributed by atoms with Crippen molar-refractivity contribution in [3.8, 4) is 5.75 Å². The molecule has 0 saturated carbocycles. The van der Waals surface area contributed by atoms with Crippen LogP contribution in [0.5, 0.6) is 5.75 Å². The smallest absolute Gasteiger partial charge is 0.419 e. The number of nitrogens with zero attached hydrogens (tertiary/aromatic N) is 2. The quantitative estimate of drug-likeness (QED) is 0.867. The van der Waals surface area contributed by atoms with Crippen molar-refractivity contribution < 1.29 is 19.4 Å². The summed E-state index contributed by atoms with van der Waals surface area (Å²) in [5.74, 6) is 0.299. The zero-order chi connectivity index (χ0) is 18.4. The number of carboxylic acid groups (broad SMARTS) is 1. The van der Waals surface area contributed by atoms with Crippen LogP contribution in [-0.4, -0.2) is 30.4 Å². The van der Waals surface area contributed by atoms with E-state index in [2.05, 4.69) is 0 Å². The molecule has 0 spiro atoms. The Morgan fingerprint density at radius 2 is 1.60 bits per heavy atom. The van der Waals surface area contributed by atoms with Crippen LogP contribution in [0.4, 0.5) is 21.0 Å². The topological polar surface area (TPSA) is 70.1 Å². The molecule has 0 radical (unpaired) electrons. The molecule has 0 saturated heterocycles. The molecule has 0 bridgehead atoms. The highest BCUT2D eigenvalue weighted by Crippen LogP contribution is 2.23. The van der Waals surface area contributed by atoms with Crippen LogP contribution in [0.15, 0.2) is 48.5 Å². The molecule has 0 heterocycles. The van der Waals surface area contributed by atoms with Gasteiger partial charge in [0, 0.05) is 24.8 Å². The van der Waals surface area contributed by atoms with E-state index in [1.54, 1.807) is 31.2 Å². The Morgan fingerprint density at radius 1 is 0.960 bits per heavy atom. The lowest BCUT2D eigenvalue weighted by Crippen LogP contribution is -2.33. The molecule has 0 unspecified atom stereocenters. The fraction of sp³-hybridized carbons (Fsp3) is 0.263. The third kappa shape index (κ3) is 4.50. The Balaban J connectivity index is 2.19. The molecule has 6 nitrogen and oxygen atoms in total. The second-order valence-electron chi connectivity index (χ2n) is 5.47. The number of hydrogen-bond donors (Lipinski definition) is 1. The van der Waals surface area contributed by atoms with Crippen molar-refractivity contribution >= 4 is 23.6 Å². The fourth-order valence-electron chi connectivity index (χ4n) is 2.44. The predicted octanol–water partition coefficient (Wildman–Crippen LogP) is 4.52. The van der Waals surface area contributed by atoms with Gasteiger partial charge in [0.05, 0.1) is 5.69 Å². The molecular weight excluding hydrogens is 320 g/mol. The van der Waals surface area contributed by atoms with Crippen molar-refractivity contribution in [2.75, 3.05) is 22.9 Å². The summed E-state index contributed by atoms with van der Waals surface area (Å²) in [6.45, 7) is 6.34. The fourth-order valence-corrected chi connectivity index (χ4v) is 2.44. The molecule has 2 amide bonds. The third-order valence-corrected chi connectivity index (χ3v) is 3.76. The van der Waals surface area contributed by atoms with E-state index in [0.717, 1.165) is 11.3 Å². The average Bonchev–Trinajstić information content (AvgIpc) is 2.58. The number of amides is 2. The summed E-state index contributed by atoms with van der Waals surface area (Å²) in [7, 11) is 0. The maximum Gasteiger partial charge on any atom is 0.419 e. The molecule has 2 aromatic carbocycles. The molecule has 0 aliphatic rings. The Hall–Kier alpha value is -3.02. The summed E-state index contributed by atoms with van der Waals surface area (Å²) in [5, 5.41) is 9.21. The second kappa shape index (κ2) is 8.19. The first-order valence-corrected chi connectivity index (χ1v) is 8.12. The van der Waals surface area contributed by atoms with Crippen molar-refractivity contribution in [2.24, 2.45) is 0 Å². The number of carbonyl (C=O) groups is 2. The lowest BCUT2D eigenvalue weighted by atomic mass is 10.2. The van der Waals surface area contributed by atoms with E-state index in [0.29, 0.717) is 24.5 Å². The van der Waals surface area contributed by atoms with Crippen LogP contribution in [0.1, 0.15) is 19.4 Å². The predicted molar refractivity (Wildman–Crippen MR) is 97.7 cm³/mol. The lowest BCUT2D eigenvalue weighted by Gasteiger charge is -2.21. The van der Waals surface area contributed by atoms with Crippen molar-refractivity contribution in [1.29, 1.82) is 0 Å². The van der Waals surface area contributed by atoms with Crippen molar-refractivity contribution in [3.05, 3.63) is 54.1 Å². The number of aryl methyl sites for hydroxylation is 1. The van der Waals surface area contributed by atoms with E-state index in [4.69, 9.17) is 4.74 Å². The maximum atomic E-state index is 12.5. The van der Waals surface area contributed by atoms with E-state index in [1.165, 1.54) is 9.80 Å². The van der Waals surface area contributed by atoms with E-state index >= 15 is 0 Å². The maximum absolute atomic E-state index is 12.5. The summed E-state index contributed by atoms with van der Waals surface area (Å²) in [6.07, 6.45) is -1.57. The molecule has 25 heavy (non-hydrogen) atoms. The van der Waals surface area contributed by atoms with Gasteiger partial charge in [-0.2, -0.15) is 0 Å². The molecule has 2 aromatic rings. The van der Waals surface area contributed by atoms with Gasteiger partial charge in [0.2, 0.25) is 0 Å². The van der Waals surface area contributed by atoms with Crippen molar-refractivity contribution in [3.63, 3.8) is 0 Å². The van der Waals surface area contributed by atoms with Gasteiger partial charge in [-0.15, -0.1) is 0 Å². The van der Waals surface area contributed by atoms with Gasteiger partial charge in [0.1, 0.15) is 5.75 Å². The molecular formula is C19H22N2O4. The van der Waals surface area contributed by atoms with Crippen LogP contribution in [0, 0.1) is 6.92 Å². The lowest BCUT2D eigenvalue weighted by molar-refractivity contribution is 0.202.